The summed E-state index contributed by atoms with van der Waals surface area (Å²) in [6, 6.07) is 7.98. The van der Waals surface area contributed by atoms with E-state index >= 15 is 0 Å². The molecule has 0 aromatic heterocycles. The van der Waals surface area contributed by atoms with Gasteiger partial charge in [0.1, 0.15) is 0 Å². The molecule has 0 aliphatic carbocycles. The second-order valence-corrected chi connectivity index (χ2v) is 7.73. The minimum atomic E-state index is 0.0759. The number of hydrogen-bond acceptors (Lipinski definition) is 3. The van der Waals surface area contributed by atoms with Crippen LogP contribution in [0.25, 0.3) is 0 Å². The number of rotatable bonds is 3. The second kappa shape index (κ2) is 7.85. The molecule has 2 fully saturated rings. The highest BCUT2D eigenvalue weighted by molar-refractivity contribution is 6.33. The Balaban J connectivity index is 1.51. The summed E-state index contributed by atoms with van der Waals surface area (Å²) < 4.78 is 0. The van der Waals surface area contributed by atoms with Gasteiger partial charge in [0.05, 0.1) is 10.6 Å². The van der Waals surface area contributed by atoms with Crippen LogP contribution in [0, 0.1) is 5.92 Å². The number of carbonyl (C=O) groups excluding carboxylic acids is 1. The molecule has 24 heavy (non-hydrogen) atoms. The molecule has 1 amide bonds. The van der Waals surface area contributed by atoms with Crippen molar-refractivity contribution in [3.8, 4) is 0 Å². The highest BCUT2D eigenvalue weighted by atomic mass is 35.5. The number of hydrogen-bond donors (Lipinski definition) is 0. The molecule has 4 nitrogen and oxygen atoms in total. The van der Waals surface area contributed by atoms with Gasteiger partial charge < -0.3 is 9.80 Å². The quantitative estimate of drug-likeness (QED) is 0.839. The predicted molar refractivity (Wildman–Crippen MR) is 98.6 cm³/mol. The average Bonchev–Trinajstić information content (AvgIpc) is 2.58. The predicted octanol–water partition coefficient (Wildman–Crippen LogP) is 2.83. The number of benzene rings is 1. The lowest BCUT2D eigenvalue weighted by atomic mass is 9.94. The highest BCUT2D eigenvalue weighted by Gasteiger charge is 2.28. The summed E-state index contributed by atoms with van der Waals surface area (Å²) >= 11 is 6.17. The summed E-state index contributed by atoms with van der Waals surface area (Å²) in [5.74, 6) is 0.776. The fraction of sp³-hybridized carbons (Fsp3) is 0.632. The first kappa shape index (κ1) is 17.7. The van der Waals surface area contributed by atoms with E-state index in [1.807, 2.05) is 23.1 Å². The van der Waals surface area contributed by atoms with Crippen molar-refractivity contribution in [2.75, 3.05) is 46.3 Å². The van der Waals surface area contributed by atoms with Crippen molar-refractivity contribution in [3.05, 3.63) is 34.9 Å². The molecule has 1 unspecified atom stereocenters. The zero-order valence-electron chi connectivity index (χ0n) is 14.7. The lowest BCUT2D eigenvalue weighted by Crippen LogP contribution is -2.52. The Bertz CT molecular complexity index is 571. The molecule has 1 aromatic carbocycles. The third-order valence-corrected chi connectivity index (χ3v) is 5.80. The smallest absolute Gasteiger partial charge is 0.255 e. The van der Waals surface area contributed by atoms with Crippen LogP contribution in [-0.4, -0.2) is 73.0 Å². The van der Waals surface area contributed by atoms with Crippen molar-refractivity contribution in [1.29, 1.82) is 0 Å². The van der Waals surface area contributed by atoms with Crippen molar-refractivity contribution >= 4 is 17.5 Å². The molecular weight excluding hydrogens is 322 g/mol. The number of nitrogens with zero attached hydrogens (tertiary/aromatic N) is 3. The molecule has 1 atom stereocenters. The van der Waals surface area contributed by atoms with Crippen LogP contribution in [0.1, 0.15) is 30.1 Å². The van der Waals surface area contributed by atoms with Gasteiger partial charge in [0.15, 0.2) is 0 Å². The lowest BCUT2D eigenvalue weighted by molar-refractivity contribution is 0.0556. The maximum absolute atomic E-state index is 12.6. The van der Waals surface area contributed by atoms with Gasteiger partial charge in [-0.05, 0) is 44.9 Å². The van der Waals surface area contributed by atoms with Gasteiger partial charge in [-0.15, -0.1) is 0 Å². The van der Waals surface area contributed by atoms with E-state index in [0.29, 0.717) is 22.5 Å². The summed E-state index contributed by atoms with van der Waals surface area (Å²) in [4.78, 5) is 19.6. The molecule has 2 saturated heterocycles. The fourth-order valence-electron chi connectivity index (χ4n) is 3.90. The first-order chi connectivity index (χ1) is 11.5. The van der Waals surface area contributed by atoms with E-state index in [4.69, 9.17) is 11.6 Å². The fourth-order valence-corrected chi connectivity index (χ4v) is 4.12. The van der Waals surface area contributed by atoms with Crippen molar-refractivity contribution in [3.63, 3.8) is 0 Å². The molecule has 2 aliphatic rings. The molecular formula is C19H28ClN3O. The van der Waals surface area contributed by atoms with E-state index in [2.05, 4.69) is 23.8 Å². The molecule has 5 heteroatoms. The van der Waals surface area contributed by atoms with Crippen LogP contribution in [0.3, 0.4) is 0 Å². The zero-order chi connectivity index (χ0) is 17.1. The number of amides is 1. The van der Waals surface area contributed by atoms with Crippen molar-refractivity contribution in [2.45, 2.75) is 25.8 Å². The standard InChI is InChI=1S/C19H28ClN3O/c1-15-13-21(2)11-12-23(15)14-16-7-9-22(10-8-16)19(24)17-5-3-4-6-18(17)20/h3-6,15-16H,7-14H2,1-2H3. The molecule has 0 saturated carbocycles. The van der Waals surface area contributed by atoms with Gasteiger partial charge in [0.2, 0.25) is 0 Å². The molecule has 2 aliphatic heterocycles. The Hall–Kier alpha value is -1.10. The van der Waals surface area contributed by atoms with Crippen LogP contribution in [-0.2, 0) is 0 Å². The van der Waals surface area contributed by atoms with Gasteiger partial charge in [-0.25, -0.2) is 0 Å². The van der Waals surface area contributed by atoms with E-state index in [9.17, 15) is 4.79 Å². The number of carbonyl (C=O) groups is 1. The van der Waals surface area contributed by atoms with E-state index in [1.54, 1.807) is 6.07 Å². The normalized spacial score (nSPS) is 24.3. The van der Waals surface area contributed by atoms with E-state index in [1.165, 1.54) is 6.54 Å². The van der Waals surface area contributed by atoms with Gasteiger partial charge in [0.25, 0.3) is 5.91 Å². The number of halogens is 1. The third kappa shape index (κ3) is 4.11. The number of likely N-dealkylation sites (N-methyl/N-ethyl adjacent to an activating group) is 1. The minimum absolute atomic E-state index is 0.0759. The summed E-state index contributed by atoms with van der Waals surface area (Å²) in [6.07, 6.45) is 2.19. The monoisotopic (exact) mass is 349 g/mol. The molecule has 0 N–H and O–H groups in total. The van der Waals surface area contributed by atoms with Gasteiger partial charge in [-0.2, -0.15) is 0 Å². The lowest BCUT2D eigenvalue weighted by Gasteiger charge is -2.41. The summed E-state index contributed by atoms with van der Waals surface area (Å²) in [6.45, 7) is 8.66. The van der Waals surface area contributed by atoms with Crippen LogP contribution in [0.15, 0.2) is 24.3 Å². The van der Waals surface area contributed by atoms with Gasteiger partial charge in [0, 0.05) is 45.3 Å². The summed E-state index contributed by atoms with van der Waals surface area (Å²) in [5, 5.41) is 0.552. The van der Waals surface area contributed by atoms with Gasteiger partial charge >= 0.3 is 0 Å². The number of piperidine rings is 1. The Morgan fingerprint density at radius 1 is 1.17 bits per heavy atom. The largest absolute Gasteiger partial charge is 0.339 e. The molecule has 132 valence electrons. The number of likely N-dealkylation sites (tertiary alicyclic amines) is 1. The minimum Gasteiger partial charge on any atom is -0.339 e. The van der Waals surface area contributed by atoms with Gasteiger partial charge in [-0.1, -0.05) is 23.7 Å². The van der Waals surface area contributed by atoms with E-state index < -0.39 is 0 Å². The van der Waals surface area contributed by atoms with Crippen LogP contribution >= 0.6 is 11.6 Å². The van der Waals surface area contributed by atoms with Crippen molar-refractivity contribution < 1.29 is 4.79 Å². The van der Waals surface area contributed by atoms with Crippen LogP contribution in [0.5, 0.6) is 0 Å². The van der Waals surface area contributed by atoms with Crippen LogP contribution in [0.2, 0.25) is 5.02 Å². The van der Waals surface area contributed by atoms with E-state index in [-0.39, 0.29) is 5.91 Å². The maximum atomic E-state index is 12.6. The van der Waals surface area contributed by atoms with Crippen LogP contribution < -0.4 is 0 Å². The van der Waals surface area contributed by atoms with Gasteiger partial charge in [-0.3, -0.25) is 9.69 Å². The highest BCUT2D eigenvalue weighted by Crippen LogP contribution is 2.24. The first-order valence-corrected chi connectivity index (χ1v) is 9.39. The molecule has 1 aromatic rings. The molecule has 0 radical (unpaired) electrons. The van der Waals surface area contributed by atoms with Crippen molar-refractivity contribution in [2.24, 2.45) is 5.92 Å². The molecule has 2 heterocycles. The van der Waals surface area contributed by atoms with Crippen LogP contribution in [0.4, 0.5) is 0 Å². The summed E-state index contributed by atoms with van der Waals surface area (Å²) in [5.41, 5.74) is 0.630. The van der Waals surface area contributed by atoms with E-state index in [0.717, 1.165) is 45.6 Å². The third-order valence-electron chi connectivity index (χ3n) is 5.47. The SMILES string of the molecule is CC1CN(C)CCN1CC1CCN(C(=O)c2ccccc2Cl)CC1. The maximum Gasteiger partial charge on any atom is 0.255 e. The zero-order valence-corrected chi connectivity index (χ0v) is 15.5. The van der Waals surface area contributed by atoms with Crippen molar-refractivity contribution in [1.82, 2.24) is 14.7 Å². The average molecular weight is 350 g/mol. The topological polar surface area (TPSA) is 26.8 Å². The first-order valence-electron chi connectivity index (χ1n) is 9.01. The Kier molecular flexibility index (Phi) is 5.80. The summed E-state index contributed by atoms with van der Waals surface area (Å²) in [7, 11) is 2.20. The molecule has 0 spiro atoms. The second-order valence-electron chi connectivity index (χ2n) is 7.32. The Labute approximate surface area is 150 Å². The Morgan fingerprint density at radius 3 is 2.54 bits per heavy atom. The molecule has 3 rings (SSSR count). The molecule has 0 bridgehead atoms. The Morgan fingerprint density at radius 2 is 1.88 bits per heavy atom. The number of piperazine rings is 1.